The summed E-state index contributed by atoms with van der Waals surface area (Å²) in [4.78, 5) is 12.8. The second kappa shape index (κ2) is 10.3. The Hall–Kier alpha value is -2.68. The van der Waals surface area contributed by atoms with Gasteiger partial charge in [0.15, 0.2) is 0 Å². The largest absolute Gasteiger partial charge is 0.271 e. The van der Waals surface area contributed by atoms with Gasteiger partial charge in [0.05, 0.1) is 16.3 Å². The van der Waals surface area contributed by atoms with E-state index in [0.29, 0.717) is 22.0 Å². The molecule has 166 valence electrons. The van der Waals surface area contributed by atoms with Crippen LogP contribution in [0.2, 0.25) is 5.02 Å². The molecule has 3 aromatic carbocycles. The lowest BCUT2D eigenvalue weighted by atomic mass is 10.1. The molecule has 0 saturated carbocycles. The first-order valence-electron chi connectivity index (χ1n) is 9.62. The Morgan fingerprint density at radius 1 is 1.03 bits per heavy atom. The summed E-state index contributed by atoms with van der Waals surface area (Å²) in [5.41, 5.74) is 4.74. The minimum Gasteiger partial charge on any atom is -0.271 e. The van der Waals surface area contributed by atoms with E-state index in [2.05, 4.69) is 26.5 Å². The molecule has 3 aromatic rings. The van der Waals surface area contributed by atoms with Crippen molar-refractivity contribution in [1.29, 1.82) is 0 Å². The summed E-state index contributed by atoms with van der Waals surface area (Å²) in [6, 6.07) is 20.3. The van der Waals surface area contributed by atoms with Gasteiger partial charge in [0.2, 0.25) is 0 Å². The summed E-state index contributed by atoms with van der Waals surface area (Å²) < 4.78 is 28.7. The molecule has 0 aliphatic carbocycles. The molecule has 1 N–H and O–H groups in total. The molecule has 32 heavy (non-hydrogen) atoms. The third-order valence-electron chi connectivity index (χ3n) is 4.74. The maximum atomic E-state index is 13.4. The van der Waals surface area contributed by atoms with Gasteiger partial charge >= 0.3 is 0 Å². The number of hydrogen-bond donors (Lipinski definition) is 1. The van der Waals surface area contributed by atoms with E-state index in [4.69, 9.17) is 11.6 Å². The second-order valence-electron chi connectivity index (χ2n) is 6.95. The lowest BCUT2D eigenvalue weighted by molar-refractivity contribution is -0.119. The number of sulfonamides is 1. The molecule has 0 heterocycles. The Balaban J connectivity index is 1.90. The van der Waals surface area contributed by atoms with Crippen LogP contribution in [0.3, 0.4) is 0 Å². The number of rotatable bonds is 7. The van der Waals surface area contributed by atoms with E-state index in [1.54, 1.807) is 50.2 Å². The Morgan fingerprint density at radius 3 is 2.34 bits per heavy atom. The third kappa shape index (κ3) is 5.56. The Bertz CT molecular complexity index is 1250. The third-order valence-corrected chi connectivity index (χ3v) is 7.45. The molecular formula is C23H21BrClN3O3S. The molecule has 0 fully saturated rings. The van der Waals surface area contributed by atoms with Crippen molar-refractivity contribution in [2.24, 2.45) is 5.10 Å². The van der Waals surface area contributed by atoms with Crippen LogP contribution in [-0.4, -0.2) is 26.6 Å². The number of carbonyl (C=O) groups is 1. The van der Waals surface area contributed by atoms with E-state index < -0.39 is 22.5 Å². The lowest BCUT2D eigenvalue weighted by Gasteiger charge is -2.25. The monoisotopic (exact) mass is 533 g/mol. The van der Waals surface area contributed by atoms with Crippen molar-refractivity contribution >= 4 is 54.9 Å². The molecule has 1 amide bonds. The van der Waals surface area contributed by atoms with Crippen molar-refractivity contribution in [3.63, 3.8) is 0 Å². The van der Waals surface area contributed by atoms with Crippen LogP contribution < -0.4 is 9.73 Å². The number of benzene rings is 3. The number of amides is 1. The maximum Gasteiger partial charge on any atom is 0.264 e. The van der Waals surface area contributed by atoms with Gasteiger partial charge < -0.3 is 0 Å². The maximum absolute atomic E-state index is 13.4. The van der Waals surface area contributed by atoms with E-state index in [0.717, 1.165) is 14.3 Å². The highest BCUT2D eigenvalue weighted by Gasteiger charge is 2.28. The van der Waals surface area contributed by atoms with Gasteiger partial charge in [-0.2, -0.15) is 5.10 Å². The molecule has 6 nitrogen and oxygen atoms in total. The molecule has 0 bridgehead atoms. The summed E-state index contributed by atoms with van der Waals surface area (Å²) in [5, 5.41) is 4.52. The molecule has 0 aromatic heterocycles. The number of nitrogens with zero attached hydrogens (tertiary/aromatic N) is 2. The first-order chi connectivity index (χ1) is 15.2. The number of anilines is 1. The standard InChI is InChI=1S/C23H21BrClN3O3S/c1-16-21(25)9-6-10-22(16)28(32(30,31)20-7-4-3-5-8-20)15-23(29)27-26-17(2)18-11-13-19(24)14-12-18/h3-14H,15H2,1-2H3,(H,27,29)/b26-17-. The van der Waals surface area contributed by atoms with Crippen molar-refractivity contribution in [3.05, 3.63) is 93.4 Å². The highest BCUT2D eigenvalue weighted by atomic mass is 79.9. The fourth-order valence-corrected chi connectivity index (χ4v) is 4.89. The Labute approximate surface area is 201 Å². The van der Waals surface area contributed by atoms with Crippen molar-refractivity contribution in [3.8, 4) is 0 Å². The van der Waals surface area contributed by atoms with Crippen LogP contribution in [0.4, 0.5) is 5.69 Å². The quantitative estimate of drug-likeness (QED) is 0.336. The SMILES string of the molecule is C/C(=N/NC(=O)CN(c1cccc(Cl)c1C)S(=O)(=O)c1ccccc1)c1ccc(Br)cc1. The summed E-state index contributed by atoms with van der Waals surface area (Å²) >= 11 is 9.60. The summed E-state index contributed by atoms with van der Waals surface area (Å²) in [5.74, 6) is -0.583. The highest BCUT2D eigenvalue weighted by Crippen LogP contribution is 2.30. The zero-order valence-corrected chi connectivity index (χ0v) is 20.6. The van der Waals surface area contributed by atoms with Crippen LogP contribution in [0.1, 0.15) is 18.1 Å². The lowest BCUT2D eigenvalue weighted by Crippen LogP contribution is -2.40. The van der Waals surface area contributed by atoms with E-state index in [-0.39, 0.29) is 4.90 Å². The van der Waals surface area contributed by atoms with E-state index in [1.807, 2.05) is 24.3 Å². The highest BCUT2D eigenvalue weighted by molar-refractivity contribution is 9.10. The van der Waals surface area contributed by atoms with Gasteiger partial charge in [-0.15, -0.1) is 0 Å². The van der Waals surface area contributed by atoms with Crippen LogP contribution in [0, 0.1) is 6.92 Å². The predicted molar refractivity (Wildman–Crippen MR) is 132 cm³/mol. The summed E-state index contributed by atoms with van der Waals surface area (Å²) in [6.07, 6.45) is 0. The van der Waals surface area contributed by atoms with Gasteiger partial charge in [-0.05, 0) is 61.4 Å². The van der Waals surface area contributed by atoms with Crippen LogP contribution in [0.15, 0.2) is 87.3 Å². The molecule has 0 radical (unpaired) electrons. The van der Waals surface area contributed by atoms with Crippen LogP contribution in [-0.2, 0) is 14.8 Å². The Morgan fingerprint density at radius 2 is 1.69 bits per heavy atom. The smallest absolute Gasteiger partial charge is 0.264 e. The molecule has 0 unspecified atom stereocenters. The fourth-order valence-electron chi connectivity index (χ4n) is 2.95. The van der Waals surface area contributed by atoms with Crippen molar-refractivity contribution < 1.29 is 13.2 Å². The number of carbonyl (C=O) groups excluding carboxylic acids is 1. The zero-order valence-electron chi connectivity index (χ0n) is 17.4. The molecule has 0 saturated heterocycles. The molecule has 9 heteroatoms. The van der Waals surface area contributed by atoms with Gasteiger partial charge in [-0.1, -0.05) is 63.9 Å². The van der Waals surface area contributed by atoms with Crippen molar-refractivity contribution in [2.45, 2.75) is 18.7 Å². The number of halogens is 2. The minimum atomic E-state index is -4.02. The van der Waals surface area contributed by atoms with Crippen LogP contribution in [0.25, 0.3) is 0 Å². The molecule has 0 atom stereocenters. The minimum absolute atomic E-state index is 0.0710. The zero-order chi connectivity index (χ0) is 23.3. The number of nitrogens with one attached hydrogen (secondary N) is 1. The first kappa shape index (κ1) is 24.0. The van der Waals surface area contributed by atoms with E-state index in [1.165, 1.54) is 12.1 Å². The fraction of sp³-hybridized carbons (Fsp3) is 0.130. The molecule has 0 spiro atoms. The van der Waals surface area contributed by atoms with Crippen molar-refractivity contribution in [2.75, 3.05) is 10.8 Å². The normalized spacial score (nSPS) is 11.8. The number of hydrogen-bond acceptors (Lipinski definition) is 4. The predicted octanol–water partition coefficient (Wildman–Crippen LogP) is 5.15. The van der Waals surface area contributed by atoms with E-state index >= 15 is 0 Å². The summed E-state index contributed by atoms with van der Waals surface area (Å²) in [7, 11) is -4.02. The topological polar surface area (TPSA) is 78.8 Å². The van der Waals surface area contributed by atoms with E-state index in [9.17, 15) is 13.2 Å². The molecule has 3 rings (SSSR count). The number of hydrazone groups is 1. The van der Waals surface area contributed by atoms with Crippen molar-refractivity contribution in [1.82, 2.24) is 5.43 Å². The average Bonchev–Trinajstić information content (AvgIpc) is 2.79. The second-order valence-corrected chi connectivity index (χ2v) is 10.1. The molecular weight excluding hydrogens is 514 g/mol. The van der Waals surface area contributed by atoms with Gasteiger partial charge in [0.1, 0.15) is 6.54 Å². The Kier molecular flexibility index (Phi) is 7.71. The van der Waals surface area contributed by atoms with Gasteiger partial charge in [-0.3, -0.25) is 9.10 Å². The average molecular weight is 535 g/mol. The van der Waals surface area contributed by atoms with Gasteiger partial charge in [0, 0.05) is 9.50 Å². The van der Waals surface area contributed by atoms with Gasteiger partial charge in [-0.25, -0.2) is 13.8 Å². The van der Waals surface area contributed by atoms with Crippen LogP contribution >= 0.6 is 27.5 Å². The summed E-state index contributed by atoms with van der Waals surface area (Å²) in [6.45, 7) is 3.00. The first-order valence-corrected chi connectivity index (χ1v) is 12.2. The van der Waals surface area contributed by atoms with Crippen LogP contribution in [0.5, 0.6) is 0 Å². The molecule has 0 aliphatic rings. The van der Waals surface area contributed by atoms with Gasteiger partial charge in [0.25, 0.3) is 15.9 Å². The molecule has 0 aliphatic heterocycles.